The molecular formula is C29H42N2O3. The summed E-state index contributed by atoms with van der Waals surface area (Å²) in [6.07, 6.45) is 5.46. The van der Waals surface area contributed by atoms with Crippen molar-refractivity contribution in [1.82, 2.24) is 5.32 Å². The van der Waals surface area contributed by atoms with E-state index in [4.69, 9.17) is 5.73 Å². The highest BCUT2D eigenvalue weighted by Crippen LogP contribution is 2.40. The standard InChI is InChI=1S/C29H42N2O3/c1-4-8-25(30)29(34)31-26(28(33)27(32)17-19(2)3)18-20-13-15-22(16-14-20)24-12-7-10-21-9-5-6-11-23(21)24/h4-7,9-12,19-20,22,25-28,32-33H,1,8,13-18,30H2,2-3H3,(H,31,34)/t20?,22?,25-,26-,27-,28+/m0/s1. The molecule has 0 radical (unpaired) electrons. The molecular weight excluding hydrogens is 424 g/mol. The van der Waals surface area contributed by atoms with Crippen LogP contribution in [0.2, 0.25) is 0 Å². The predicted molar refractivity (Wildman–Crippen MR) is 139 cm³/mol. The van der Waals surface area contributed by atoms with Gasteiger partial charge in [0.25, 0.3) is 0 Å². The maximum atomic E-state index is 12.6. The summed E-state index contributed by atoms with van der Waals surface area (Å²) in [6.45, 7) is 7.68. The summed E-state index contributed by atoms with van der Waals surface area (Å²) in [5.41, 5.74) is 7.39. The minimum absolute atomic E-state index is 0.250. The molecule has 34 heavy (non-hydrogen) atoms. The van der Waals surface area contributed by atoms with E-state index in [0.29, 0.717) is 31.1 Å². The molecule has 0 bridgehead atoms. The second-order valence-electron chi connectivity index (χ2n) is 10.5. The molecule has 5 nitrogen and oxygen atoms in total. The molecule has 0 saturated heterocycles. The first kappa shape index (κ1) is 26.4. The maximum absolute atomic E-state index is 12.6. The van der Waals surface area contributed by atoms with Gasteiger partial charge < -0.3 is 21.3 Å². The fourth-order valence-corrected chi connectivity index (χ4v) is 5.43. The Hall–Kier alpha value is -2.21. The molecule has 4 atom stereocenters. The smallest absolute Gasteiger partial charge is 0.237 e. The molecule has 3 rings (SSSR count). The Balaban J connectivity index is 1.66. The van der Waals surface area contributed by atoms with Crippen molar-refractivity contribution in [3.8, 4) is 0 Å². The molecule has 1 saturated carbocycles. The third-order valence-corrected chi connectivity index (χ3v) is 7.30. The number of fused-ring (bicyclic) bond motifs is 1. The second kappa shape index (κ2) is 12.5. The number of aliphatic hydroxyl groups excluding tert-OH is 2. The molecule has 2 aromatic carbocycles. The summed E-state index contributed by atoms with van der Waals surface area (Å²) in [5, 5.41) is 27.1. The Morgan fingerprint density at radius 1 is 1.12 bits per heavy atom. The van der Waals surface area contributed by atoms with Crippen LogP contribution in [-0.4, -0.2) is 40.4 Å². The van der Waals surface area contributed by atoms with E-state index in [-0.39, 0.29) is 11.8 Å². The van der Waals surface area contributed by atoms with E-state index in [2.05, 4.69) is 54.4 Å². The normalized spacial score (nSPS) is 22.2. The molecule has 186 valence electrons. The highest BCUT2D eigenvalue weighted by atomic mass is 16.3. The molecule has 1 amide bonds. The lowest BCUT2D eigenvalue weighted by atomic mass is 9.75. The van der Waals surface area contributed by atoms with Crippen molar-refractivity contribution < 1.29 is 15.0 Å². The fourth-order valence-electron chi connectivity index (χ4n) is 5.43. The average molecular weight is 467 g/mol. The van der Waals surface area contributed by atoms with Crippen LogP contribution in [0.1, 0.15) is 70.3 Å². The van der Waals surface area contributed by atoms with Gasteiger partial charge in [-0.2, -0.15) is 0 Å². The van der Waals surface area contributed by atoms with E-state index in [0.717, 1.165) is 25.7 Å². The summed E-state index contributed by atoms with van der Waals surface area (Å²) in [7, 11) is 0. The number of rotatable bonds is 11. The van der Waals surface area contributed by atoms with E-state index >= 15 is 0 Å². The Labute approximate surface area is 204 Å². The van der Waals surface area contributed by atoms with Gasteiger partial charge in [0, 0.05) is 0 Å². The predicted octanol–water partition coefficient (Wildman–Crippen LogP) is 4.66. The van der Waals surface area contributed by atoms with Crippen molar-refractivity contribution in [2.45, 2.75) is 89.0 Å². The monoisotopic (exact) mass is 466 g/mol. The minimum Gasteiger partial charge on any atom is -0.390 e. The molecule has 1 aliphatic carbocycles. The van der Waals surface area contributed by atoms with Crippen LogP contribution in [0, 0.1) is 11.8 Å². The van der Waals surface area contributed by atoms with Crippen LogP contribution in [0.5, 0.6) is 0 Å². The van der Waals surface area contributed by atoms with Gasteiger partial charge in [-0.25, -0.2) is 0 Å². The van der Waals surface area contributed by atoms with Crippen molar-refractivity contribution in [1.29, 1.82) is 0 Å². The third-order valence-electron chi connectivity index (χ3n) is 7.30. The minimum atomic E-state index is -1.02. The van der Waals surface area contributed by atoms with Crippen molar-refractivity contribution in [3.05, 3.63) is 60.7 Å². The number of hydrogen-bond acceptors (Lipinski definition) is 4. The van der Waals surface area contributed by atoms with Gasteiger partial charge in [0.15, 0.2) is 0 Å². The molecule has 2 aromatic rings. The molecule has 0 unspecified atom stereocenters. The van der Waals surface area contributed by atoms with Crippen LogP contribution in [-0.2, 0) is 4.79 Å². The van der Waals surface area contributed by atoms with E-state index in [9.17, 15) is 15.0 Å². The topological polar surface area (TPSA) is 95.6 Å². The van der Waals surface area contributed by atoms with Crippen LogP contribution in [0.25, 0.3) is 10.8 Å². The Morgan fingerprint density at radius 2 is 1.79 bits per heavy atom. The zero-order valence-corrected chi connectivity index (χ0v) is 20.7. The lowest BCUT2D eigenvalue weighted by Gasteiger charge is -2.35. The van der Waals surface area contributed by atoms with E-state index in [1.165, 1.54) is 16.3 Å². The van der Waals surface area contributed by atoms with Gasteiger partial charge >= 0.3 is 0 Å². The van der Waals surface area contributed by atoms with Crippen molar-refractivity contribution >= 4 is 16.7 Å². The highest BCUT2D eigenvalue weighted by Gasteiger charge is 2.33. The average Bonchev–Trinajstić information content (AvgIpc) is 2.83. The van der Waals surface area contributed by atoms with Crippen LogP contribution in [0.3, 0.4) is 0 Å². The molecule has 0 heterocycles. The zero-order chi connectivity index (χ0) is 24.7. The van der Waals surface area contributed by atoms with Crippen molar-refractivity contribution in [3.63, 3.8) is 0 Å². The summed E-state index contributed by atoms with van der Waals surface area (Å²) >= 11 is 0. The summed E-state index contributed by atoms with van der Waals surface area (Å²) in [4.78, 5) is 12.6. The maximum Gasteiger partial charge on any atom is 0.237 e. The van der Waals surface area contributed by atoms with Gasteiger partial charge in [-0.3, -0.25) is 4.79 Å². The first-order valence-electron chi connectivity index (χ1n) is 12.8. The van der Waals surface area contributed by atoms with Crippen LogP contribution >= 0.6 is 0 Å². The molecule has 0 spiro atoms. The largest absolute Gasteiger partial charge is 0.390 e. The van der Waals surface area contributed by atoms with Gasteiger partial charge in [0.05, 0.1) is 18.2 Å². The molecule has 0 aromatic heterocycles. The number of benzene rings is 2. The van der Waals surface area contributed by atoms with Crippen molar-refractivity contribution in [2.24, 2.45) is 17.6 Å². The van der Waals surface area contributed by atoms with Gasteiger partial charge in [0.2, 0.25) is 5.91 Å². The van der Waals surface area contributed by atoms with Gasteiger partial charge in [0.1, 0.15) is 6.10 Å². The Morgan fingerprint density at radius 3 is 2.47 bits per heavy atom. The Bertz CT molecular complexity index is 931. The summed E-state index contributed by atoms with van der Waals surface area (Å²) in [5.74, 6) is 0.853. The lowest BCUT2D eigenvalue weighted by molar-refractivity contribution is -0.125. The number of nitrogens with one attached hydrogen (secondary N) is 1. The van der Waals surface area contributed by atoms with Crippen LogP contribution in [0.4, 0.5) is 0 Å². The first-order chi connectivity index (χ1) is 16.3. The molecule has 5 N–H and O–H groups in total. The third kappa shape index (κ3) is 6.91. The van der Waals surface area contributed by atoms with Gasteiger partial charge in [-0.1, -0.05) is 62.4 Å². The number of nitrogens with two attached hydrogens (primary N) is 1. The number of carbonyl (C=O) groups excluding carboxylic acids is 1. The Kier molecular flexibility index (Phi) is 9.69. The molecule has 5 heteroatoms. The number of aliphatic hydroxyl groups is 2. The second-order valence-corrected chi connectivity index (χ2v) is 10.5. The highest BCUT2D eigenvalue weighted by molar-refractivity contribution is 5.86. The van der Waals surface area contributed by atoms with Crippen molar-refractivity contribution in [2.75, 3.05) is 0 Å². The molecule has 0 aliphatic heterocycles. The summed E-state index contributed by atoms with van der Waals surface area (Å²) < 4.78 is 0. The molecule has 1 aliphatic rings. The van der Waals surface area contributed by atoms with E-state index in [1.54, 1.807) is 6.08 Å². The first-order valence-corrected chi connectivity index (χ1v) is 12.8. The lowest BCUT2D eigenvalue weighted by Crippen LogP contribution is -2.53. The number of hydrogen-bond donors (Lipinski definition) is 4. The fraction of sp³-hybridized carbons (Fsp3) is 0.552. The molecule has 1 fully saturated rings. The van der Waals surface area contributed by atoms with Crippen LogP contribution < -0.4 is 11.1 Å². The SMILES string of the molecule is C=CC[C@H](N)C(=O)N[C@@H](CC1CCC(c2cccc3ccccc23)CC1)[C@@H](O)[C@@H](O)CC(C)C. The van der Waals surface area contributed by atoms with E-state index in [1.807, 2.05) is 13.8 Å². The van der Waals surface area contributed by atoms with Gasteiger partial charge in [-0.15, -0.1) is 6.58 Å². The summed E-state index contributed by atoms with van der Waals surface area (Å²) in [6, 6.07) is 13.9. The quantitative estimate of drug-likeness (QED) is 0.362. The number of amides is 1. The van der Waals surface area contributed by atoms with Gasteiger partial charge in [-0.05, 0) is 79.0 Å². The zero-order valence-electron chi connectivity index (χ0n) is 20.7. The number of carbonyl (C=O) groups is 1. The van der Waals surface area contributed by atoms with E-state index < -0.39 is 24.3 Å². The van der Waals surface area contributed by atoms with Crippen LogP contribution in [0.15, 0.2) is 55.1 Å².